The highest BCUT2D eigenvalue weighted by Crippen LogP contribution is 2.31. The summed E-state index contributed by atoms with van der Waals surface area (Å²) in [5.74, 6) is 0.275. The number of thiophene rings is 1. The van der Waals surface area contributed by atoms with Gasteiger partial charge in [0.05, 0.1) is 16.8 Å². The van der Waals surface area contributed by atoms with Crippen LogP contribution in [0.25, 0.3) is 15.9 Å². The molecule has 3 heterocycles. The minimum Gasteiger partial charge on any atom is -0.274 e. The first-order valence-electron chi connectivity index (χ1n) is 10.6. The molecule has 1 aliphatic heterocycles. The van der Waals surface area contributed by atoms with Gasteiger partial charge in [0.1, 0.15) is 4.83 Å². The Balaban J connectivity index is 1.48. The van der Waals surface area contributed by atoms with Gasteiger partial charge >= 0.3 is 0 Å². The third-order valence-corrected chi connectivity index (χ3v) is 7.91. The molecule has 1 saturated heterocycles. The number of thioether (sulfide) groups is 1. The summed E-state index contributed by atoms with van der Waals surface area (Å²) in [5, 5.41) is 1.31. The predicted molar refractivity (Wildman–Crippen MR) is 132 cm³/mol. The molecule has 166 valence electrons. The van der Waals surface area contributed by atoms with Gasteiger partial charge in [0.25, 0.3) is 5.56 Å². The second-order valence-corrected chi connectivity index (χ2v) is 10.1. The van der Waals surface area contributed by atoms with Crippen molar-refractivity contribution in [3.05, 3.63) is 81.0 Å². The predicted octanol–water partition coefficient (Wildman–Crippen LogP) is 5.01. The minimum atomic E-state index is -0.159. The summed E-state index contributed by atoms with van der Waals surface area (Å²) in [6.45, 7) is 3.98. The molecule has 2 aromatic heterocycles. The van der Waals surface area contributed by atoms with Crippen molar-refractivity contribution in [1.82, 2.24) is 9.55 Å². The number of carbonyl (C=O) groups excluding carboxylic acids is 2. The molecular formula is C25H21N3O3S2. The van der Waals surface area contributed by atoms with Crippen LogP contribution in [0.15, 0.2) is 64.5 Å². The summed E-state index contributed by atoms with van der Waals surface area (Å²) < 4.78 is 1.68. The third-order valence-electron chi connectivity index (χ3n) is 5.80. The summed E-state index contributed by atoms with van der Waals surface area (Å²) in [6.07, 6.45) is 0.534. The third kappa shape index (κ3) is 3.89. The molecule has 1 aliphatic rings. The van der Waals surface area contributed by atoms with E-state index in [9.17, 15) is 14.4 Å². The van der Waals surface area contributed by atoms with Crippen LogP contribution in [0, 0.1) is 13.8 Å². The van der Waals surface area contributed by atoms with Crippen LogP contribution < -0.4 is 10.5 Å². The molecule has 5 rings (SSSR count). The molecule has 0 aliphatic carbocycles. The SMILES string of the molecule is Cc1sc2nc(SCc3ccc(N4C(=O)CCC4=O)cc3)n(-c3ccccc3)c(=O)c2c1C. The monoisotopic (exact) mass is 475 g/mol. The van der Waals surface area contributed by atoms with Gasteiger partial charge in [0.15, 0.2) is 5.16 Å². The number of imide groups is 1. The molecule has 33 heavy (non-hydrogen) atoms. The number of aromatic nitrogens is 2. The molecule has 0 atom stereocenters. The van der Waals surface area contributed by atoms with Crippen molar-refractivity contribution in [2.45, 2.75) is 37.6 Å². The Morgan fingerprint density at radius 2 is 1.58 bits per heavy atom. The fourth-order valence-electron chi connectivity index (χ4n) is 3.93. The van der Waals surface area contributed by atoms with Crippen molar-refractivity contribution in [1.29, 1.82) is 0 Å². The van der Waals surface area contributed by atoms with Gasteiger partial charge in [-0.15, -0.1) is 11.3 Å². The molecule has 0 bridgehead atoms. The quantitative estimate of drug-likeness (QED) is 0.231. The number of aryl methyl sites for hydroxylation is 2. The first-order valence-corrected chi connectivity index (χ1v) is 12.4. The van der Waals surface area contributed by atoms with Crippen molar-refractivity contribution in [2.24, 2.45) is 0 Å². The summed E-state index contributed by atoms with van der Waals surface area (Å²) in [4.78, 5) is 45.4. The van der Waals surface area contributed by atoms with Crippen LogP contribution in [0.4, 0.5) is 5.69 Å². The van der Waals surface area contributed by atoms with E-state index >= 15 is 0 Å². The molecule has 2 amide bonds. The largest absolute Gasteiger partial charge is 0.274 e. The van der Waals surface area contributed by atoms with Crippen LogP contribution in [-0.4, -0.2) is 21.4 Å². The van der Waals surface area contributed by atoms with Gasteiger partial charge in [0, 0.05) is 23.5 Å². The Bertz CT molecular complexity index is 1420. The molecule has 0 radical (unpaired) electrons. The van der Waals surface area contributed by atoms with E-state index in [1.807, 2.05) is 56.3 Å². The van der Waals surface area contributed by atoms with Gasteiger partial charge in [-0.2, -0.15) is 0 Å². The fourth-order valence-corrected chi connectivity index (χ4v) is 5.97. The number of nitrogens with zero attached hydrogens (tertiary/aromatic N) is 3. The first kappa shape index (κ1) is 21.6. The van der Waals surface area contributed by atoms with E-state index in [4.69, 9.17) is 4.98 Å². The van der Waals surface area contributed by atoms with Crippen molar-refractivity contribution < 1.29 is 9.59 Å². The maximum absolute atomic E-state index is 13.5. The molecule has 0 unspecified atom stereocenters. The van der Waals surface area contributed by atoms with Crippen LogP contribution in [0.2, 0.25) is 0 Å². The average molecular weight is 476 g/mol. The maximum atomic E-state index is 13.5. The molecule has 4 aromatic rings. The molecule has 0 N–H and O–H groups in total. The van der Waals surface area contributed by atoms with Crippen molar-refractivity contribution in [2.75, 3.05) is 4.90 Å². The first-order chi connectivity index (χ1) is 15.9. The molecule has 0 saturated carbocycles. The highest BCUT2D eigenvalue weighted by Gasteiger charge is 2.30. The summed E-state index contributed by atoms with van der Waals surface area (Å²) in [7, 11) is 0. The van der Waals surface area contributed by atoms with Crippen LogP contribution in [0.5, 0.6) is 0 Å². The van der Waals surface area contributed by atoms with Gasteiger partial charge in [-0.25, -0.2) is 4.98 Å². The van der Waals surface area contributed by atoms with Gasteiger partial charge in [-0.05, 0) is 49.2 Å². The molecule has 0 spiro atoms. The van der Waals surface area contributed by atoms with Gasteiger partial charge in [0.2, 0.25) is 11.8 Å². The lowest BCUT2D eigenvalue weighted by Crippen LogP contribution is -2.28. The molecule has 6 nitrogen and oxygen atoms in total. The number of fused-ring (bicyclic) bond motifs is 1. The van der Waals surface area contributed by atoms with E-state index in [0.717, 1.165) is 26.5 Å². The van der Waals surface area contributed by atoms with E-state index in [2.05, 4.69) is 0 Å². The topological polar surface area (TPSA) is 72.3 Å². The standard InChI is InChI=1S/C25H21N3O3S2/c1-15-16(2)33-23-22(15)24(31)28(18-6-4-3-5-7-18)25(26-23)32-14-17-8-10-19(11-9-17)27-20(29)12-13-21(27)30/h3-11H,12-14H2,1-2H3. The second kappa shape index (κ2) is 8.61. The maximum Gasteiger partial charge on any atom is 0.267 e. The number of carbonyl (C=O) groups is 2. The minimum absolute atomic E-state index is 0.0584. The number of hydrogen-bond acceptors (Lipinski definition) is 6. The molecule has 1 fully saturated rings. The van der Waals surface area contributed by atoms with Crippen molar-refractivity contribution in [3.8, 4) is 5.69 Å². The lowest BCUT2D eigenvalue weighted by atomic mass is 10.2. The Morgan fingerprint density at radius 3 is 2.24 bits per heavy atom. The molecular weight excluding hydrogens is 454 g/mol. The van der Waals surface area contributed by atoms with E-state index in [1.54, 1.807) is 28.0 Å². The van der Waals surface area contributed by atoms with Gasteiger partial charge in [-0.3, -0.25) is 23.9 Å². The highest BCUT2D eigenvalue weighted by atomic mass is 32.2. The van der Waals surface area contributed by atoms with Gasteiger partial charge in [-0.1, -0.05) is 42.1 Å². The summed E-state index contributed by atoms with van der Waals surface area (Å²) in [6, 6.07) is 17.0. The number of rotatable bonds is 5. The van der Waals surface area contributed by atoms with E-state index < -0.39 is 0 Å². The van der Waals surface area contributed by atoms with Crippen LogP contribution in [-0.2, 0) is 15.3 Å². The van der Waals surface area contributed by atoms with Crippen molar-refractivity contribution in [3.63, 3.8) is 0 Å². The smallest absolute Gasteiger partial charge is 0.267 e. The summed E-state index contributed by atoms with van der Waals surface area (Å²) in [5.41, 5.74) is 3.31. The molecule has 8 heteroatoms. The number of anilines is 1. The zero-order valence-corrected chi connectivity index (χ0v) is 19.8. The lowest BCUT2D eigenvalue weighted by molar-refractivity contribution is -0.121. The Kier molecular flexibility index (Phi) is 5.64. The number of hydrogen-bond donors (Lipinski definition) is 0. The average Bonchev–Trinajstić information content (AvgIpc) is 3.30. The van der Waals surface area contributed by atoms with Crippen LogP contribution >= 0.6 is 23.1 Å². The zero-order valence-electron chi connectivity index (χ0n) is 18.2. The van der Waals surface area contributed by atoms with Crippen LogP contribution in [0.1, 0.15) is 28.8 Å². The zero-order chi connectivity index (χ0) is 23.1. The highest BCUT2D eigenvalue weighted by molar-refractivity contribution is 7.98. The Hall–Kier alpha value is -3.23. The Labute approximate surface area is 198 Å². The summed E-state index contributed by atoms with van der Waals surface area (Å²) >= 11 is 3.03. The second-order valence-electron chi connectivity index (χ2n) is 7.91. The van der Waals surface area contributed by atoms with E-state index in [1.165, 1.54) is 16.7 Å². The van der Waals surface area contributed by atoms with Gasteiger partial charge < -0.3 is 0 Å². The lowest BCUT2D eigenvalue weighted by Gasteiger charge is -2.15. The molecule has 2 aromatic carbocycles. The fraction of sp³-hybridized carbons (Fsp3) is 0.200. The number of amides is 2. The number of para-hydroxylation sites is 1. The number of benzene rings is 2. The van der Waals surface area contributed by atoms with Crippen LogP contribution in [0.3, 0.4) is 0 Å². The van der Waals surface area contributed by atoms with Crippen molar-refractivity contribution >= 4 is 50.8 Å². The normalized spacial score (nSPS) is 13.9. The van der Waals surface area contributed by atoms with E-state index in [0.29, 0.717) is 22.0 Å². The Morgan fingerprint density at radius 1 is 0.909 bits per heavy atom. The van der Waals surface area contributed by atoms with E-state index in [-0.39, 0.29) is 30.2 Å².